The SMILES string of the molecule is Cc1cccc(C(=O)N(Cc2cccnc2)Cc2cc3c(C)cc(C)cc3nc2Cl)c1. The number of rotatable bonds is 5. The van der Waals surface area contributed by atoms with E-state index in [1.807, 2.05) is 56.3 Å². The Morgan fingerprint density at radius 2 is 1.81 bits per heavy atom. The molecule has 0 unspecified atom stereocenters. The molecule has 0 bridgehead atoms. The van der Waals surface area contributed by atoms with Gasteiger partial charge in [-0.2, -0.15) is 0 Å². The second kappa shape index (κ2) is 8.86. The molecule has 0 radical (unpaired) electrons. The second-order valence-corrected chi connectivity index (χ2v) is 8.34. The van der Waals surface area contributed by atoms with Gasteiger partial charge in [0.1, 0.15) is 5.15 Å². The average molecular weight is 430 g/mol. The summed E-state index contributed by atoms with van der Waals surface area (Å²) in [7, 11) is 0. The highest BCUT2D eigenvalue weighted by Gasteiger charge is 2.19. The minimum atomic E-state index is -0.0515. The lowest BCUT2D eigenvalue weighted by Gasteiger charge is -2.24. The Balaban J connectivity index is 1.73. The monoisotopic (exact) mass is 429 g/mol. The van der Waals surface area contributed by atoms with Gasteiger partial charge in [-0.25, -0.2) is 4.98 Å². The Labute approximate surface area is 187 Å². The van der Waals surface area contributed by atoms with Crippen molar-refractivity contribution in [2.24, 2.45) is 0 Å². The molecule has 156 valence electrons. The van der Waals surface area contributed by atoms with Gasteiger partial charge in [-0.05, 0) is 67.8 Å². The summed E-state index contributed by atoms with van der Waals surface area (Å²) in [6.07, 6.45) is 3.51. The van der Waals surface area contributed by atoms with Gasteiger partial charge in [-0.15, -0.1) is 0 Å². The van der Waals surface area contributed by atoms with E-state index in [-0.39, 0.29) is 5.91 Å². The molecule has 1 amide bonds. The zero-order chi connectivity index (χ0) is 22.0. The van der Waals surface area contributed by atoms with E-state index in [4.69, 9.17) is 11.6 Å². The van der Waals surface area contributed by atoms with Crippen LogP contribution in [0.1, 0.15) is 38.2 Å². The van der Waals surface area contributed by atoms with E-state index < -0.39 is 0 Å². The predicted octanol–water partition coefficient (Wildman–Crippen LogP) is 6.05. The van der Waals surface area contributed by atoms with Crippen LogP contribution in [0.4, 0.5) is 0 Å². The van der Waals surface area contributed by atoms with Gasteiger partial charge in [0.15, 0.2) is 0 Å². The van der Waals surface area contributed by atoms with Crippen molar-refractivity contribution < 1.29 is 4.79 Å². The number of carbonyl (C=O) groups is 1. The molecule has 0 N–H and O–H groups in total. The van der Waals surface area contributed by atoms with Crippen molar-refractivity contribution in [1.29, 1.82) is 0 Å². The highest BCUT2D eigenvalue weighted by molar-refractivity contribution is 6.30. The van der Waals surface area contributed by atoms with E-state index in [0.717, 1.165) is 38.7 Å². The Kier molecular flexibility index (Phi) is 6.01. The molecule has 2 heterocycles. The Bertz CT molecular complexity index is 1250. The minimum absolute atomic E-state index is 0.0515. The number of nitrogens with zero attached hydrogens (tertiary/aromatic N) is 3. The van der Waals surface area contributed by atoms with Gasteiger partial charge in [0.2, 0.25) is 0 Å². The van der Waals surface area contributed by atoms with E-state index in [1.54, 1.807) is 17.3 Å². The number of aryl methyl sites for hydroxylation is 3. The third-order valence-corrected chi connectivity index (χ3v) is 5.65. The predicted molar refractivity (Wildman–Crippen MR) is 125 cm³/mol. The summed E-state index contributed by atoms with van der Waals surface area (Å²) in [4.78, 5) is 24.0. The van der Waals surface area contributed by atoms with E-state index >= 15 is 0 Å². The van der Waals surface area contributed by atoms with Gasteiger partial charge in [-0.1, -0.05) is 41.4 Å². The number of hydrogen-bond acceptors (Lipinski definition) is 3. The van der Waals surface area contributed by atoms with Crippen LogP contribution in [0, 0.1) is 20.8 Å². The highest BCUT2D eigenvalue weighted by atomic mass is 35.5. The second-order valence-electron chi connectivity index (χ2n) is 7.98. The molecule has 4 aromatic rings. The fourth-order valence-corrected chi connectivity index (χ4v) is 4.04. The van der Waals surface area contributed by atoms with Crippen molar-refractivity contribution in [1.82, 2.24) is 14.9 Å². The van der Waals surface area contributed by atoms with Gasteiger partial charge in [0.25, 0.3) is 5.91 Å². The van der Waals surface area contributed by atoms with Crippen LogP contribution >= 0.6 is 11.6 Å². The third-order valence-electron chi connectivity index (χ3n) is 5.32. The number of fused-ring (bicyclic) bond motifs is 1. The molecule has 0 aliphatic carbocycles. The first-order valence-corrected chi connectivity index (χ1v) is 10.6. The minimum Gasteiger partial charge on any atom is -0.330 e. The summed E-state index contributed by atoms with van der Waals surface area (Å²) in [6, 6.07) is 17.7. The van der Waals surface area contributed by atoms with E-state index in [9.17, 15) is 4.79 Å². The lowest BCUT2D eigenvalue weighted by atomic mass is 10.0. The Hall–Kier alpha value is -3.24. The normalized spacial score (nSPS) is 11.0. The molecule has 5 heteroatoms. The summed E-state index contributed by atoms with van der Waals surface area (Å²) in [5.41, 5.74) is 6.64. The van der Waals surface area contributed by atoms with Crippen LogP contribution in [0.3, 0.4) is 0 Å². The maximum atomic E-state index is 13.4. The van der Waals surface area contributed by atoms with Crippen molar-refractivity contribution in [2.45, 2.75) is 33.9 Å². The molecule has 0 saturated heterocycles. The first-order chi connectivity index (χ1) is 14.9. The van der Waals surface area contributed by atoms with Crippen LogP contribution in [0.15, 0.2) is 67.0 Å². The summed E-state index contributed by atoms with van der Waals surface area (Å²) in [5, 5.41) is 1.47. The molecule has 0 aliphatic heterocycles. The summed E-state index contributed by atoms with van der Waals surface area (Å²) < 4.78 is 0. The molecule has 31 heavy (non-hydrogen) atoms. The van der Waals surface area contributed by atoms with Crippen LogP contribution in [-0.2, 0) is 13.1 Å². The number of benzene rings is 2. The molecule has 4 nitrogen and oxygen atoms in total. The first kappa shape index (κ1) is 21.0. The molecule has 0 atom stereocenters. The molecular weight excluding hydrogens is 406 g/mol. The largest absolute Gasteiger partial charge is 0.330 e. The number of aromatic nitrogens is 2. The smallest absolute Gasteiger partial charge is 0.254 e. The van der Waals surface area contributed by atoms with Crippen molar-refractivity contribution in [2.75, 3.05) is 0 Å². The summed E-state index contributed by atoms with van der Waals surface area (Å²) in [6.45, 7) is 6.89. The fraction of sp³-hybridized carbons (Fsp3) is 0.192. The third kappa shape index (κ3) is 4.75. The quantitative estimate of drug-likeness (QED) is 0.363. The first-order valence-electron chi connectivity index (χ1n) is 10.2. The van der Waals surface area contributed by atoms with Crippen molar-refractivity contribution in [3.63, 3.8) is 0 Å². The molecule has 0 saturated carbocycles. The van der Waals surface area contributed by atoms with Crippen LogP contribution in [0.5, 0.6) is 0 Å². The van der Waals surface area contributed by atoms with Gasteiger partial charge < -0.3 is 4.90 Å². The van der Waals surface area contributed by atoms with Gasteiger partial charge in [0.05, 0.1) is 5.52 Å². The van der Waals surface area contributed by atoms with Gasteiger partial charge in [-0.3, -0.25) is 9.78 Å². The van der Waals surface area contributed by atoms with Crippen molar-refractivity contribution in [3.8, 4) is 0 Å². The Morgan fingerprint density at radius 3 is 2.55 bits per heavy atom. The Morgan fingerprint density at radius 1 is 0.968 bits per heavy atom. The van der Waals surface area contributed by atoms with Gasteiger partial charge in [0, 0.05) is 42.0 Å². The number of halogens is 1. The maximum absolute atomic E-state index is 13.4. The summed E-state index contributed by atoms with van der Waals surface area (Å²) in [5.74, 6) is -0.0515. The zero-order valence-electron chi connectivity index (χ0n) is 17.9. The van der Waals surface area contributed by atoms with Crippen LogP contribution in [-0.4, -0.2) is 20.8 Å². The zero-order valence-corrected chi connectivity index (χ0v) is 18.6. The fourth-order valence-electron chi connectivity index (χ4n) is 3.84. The van der Waals surface area contributed by atoms with Crippen LogP contribution in [0.25, 0.3) is 10.9 Å². The highest BCUT2D eigenvalue weighted by Crippen LogP contribution is 2.26. The van der Waals surface area contributed by atoms with E-state index in [0.29, 0.717) is 23.8 Å². The van der Waals surface area contributed by atoms with Crippen LogP contribution < -0.4 is 0 Å². The summed E-state index contributed by atoms with van der Waals surface area (Å²) >= 11 is 6.57. The van der Waals surface area contributed by atoms with Crippen LogP contribution in [0.2, 0.25) is 5.15 Å². The molecule has 0 aliphatic rings. The molecule has 0 fully saturated rings. The lowest BCUT2D eigenvalue weighted by Crippen LogP contribution is -2.30. The molecule has 0 spiro atoms. The van der Waals surface area contributed by atoms with E-state index in [1.165, 1.54) is 0 Å². The maximum Gasteiger partial charge on any atom is 0.254 e. The molecular formula is C26H24ClN3O. The topological polar surface area (TPSA) is 46.1 Å². The average Bonchev–Trinajstić information content (AvgIpc) is 2.74. The standard InChI is InChI=1S/C26H24ClN3O/c1-17-6-4-8-21(11-17)26(31)30(15-20-7-5-9-28-14-20)16-22-13-23-19(3)10-18(2)12-24(23)29-25(22)27/h4-14H,15-16H2,1-3H3. The molecule has 2 aromatic heterocycles. The lowest BCUT2D eigenvalue weighted by molar-refractivity contribution is 0.0730. The van der Waals surface area contributed by atoms with Crippen molar-refractivity contribution >= 4 is 28.4 Å². The number of amides is 1. The molecule has 4 rings (SSSR count). The number of carbonyl (C=O) groups excluding carboxylic acids is 1. The van der Waals surface area contributed by atoms with Crippen molar-refractivity contribution in [3.05, 3.63) is 106 Å². The number of hydrogen-bond donors (Lipinski definition) is 0. The number of pyridine rings is 2. The van der Waals surface area contributed by atoms with Gasteiger partial charge >= 0.3 is 0 Å². The molecule has 2 aromatic carbocycles. The van der Waals surface area contributed by atoms with E-state index in [2.05, 4.69) is 29.0 Å².